The van der Waals surface area contributed by atoms with Crippen molar-refractivity contribution in [1.29, 1.82) is 0 Å². The van der Waals surface area contributed by atoms with Gasteiger partial charge in [-0.3, -0.25) is 4.79 Å². The summed E-state index contributed by atoms with van der Waals surface area (Å²) in [5, 5.41) is 10.6. The van der Waals surface area contributed by atoms with Crippen LogP contribution in [0.1, 0.15) is 27.9 Å². The van der Waals surface area contributed by atoms with E-state index in [2.05, 4.69) is 35.1 Å². The Hall–Kier alpha value is -3.06. The van der Waals surface area contributed by atoms with Crippen molar-refractivity contribution in [2.45, 2.75) is 36.5 Å². The smallest absolute Gasteiger partial charge is 0.254 e. The molecule has 2 aliphatic carbocycles. The molecule has 3 heterocycles. The third-order valence-corrected chi connectivity index (χ3v) is 7.78. The molecule has 1 aromatic carbocycles. The lowest BCUT2D eigenvalue weighted by atomic mass is 9.53. The average Bonchev–Trinajstić information content (AvgIpc) is 3.14. The summed E-state index contributed by atoms with van der Waals surface area (Å²) in [5.74, 6) is 1.49. The normalized spacial score (nSPS) is 31.6. The molecule has 2 aromatic rings. The molecule has 1 amide bonds. The number of piperidine rings is 1. The number of phenolic OH excluding ortho intramolecular Hbond substituents is 1. The van der Waals surface area contributed by atoms with Crippen molar-refractivity contribution in [2.75, 3.05) is 27.7 Å². The van der Waals surface area contributed by atoms with E-state index in [4.69, 9.17) is 9.47 Å². The number of hydrogen-bond acceptors (Lipinski definition) is 6. The fourth-order valence-electron chi connectivity index (χ4n) is 6.30. The molecule has 1 saturated heterocycles. The molecular formula is C25H27N3O4. The predicted molar refractivity (Wildman–Crippen MR) is 118 cm³/mol. The number of aromatic nitrogens is 1. The fraction of sp³-hybridized carbons (Fsp3) is 0.440. The third-order valence-electron chi connectivity index (χ3n) is 7.78. The average molecular weight is 434 g/mol. The summed E-state index contributed by atoms with van der Waals surface area (Å²) < 4.78 is 12.8. The summed E-state index contributed by atoms with van der Waals surface area (Å²) >= 11 is 0. The Kier molecular flexibility index (Phi) is 4.12. The quantitative estimate of drug-likeness (QED) is 0.750. The minimum atomic E-state index is -0.337. The number of aromatic hydroxyl groups is 1. The van der Waals surface area contributed by atoms with Crippen molar-refractivity contribution in [3.63, 3.8) is 0 Å². The van der Waals surface area contributed by atoms with E-state index in [1.54, 1.807) is 38.5 Å². The Morgan fingerprint density at radius 1 is 1.28 bits per heavy atom. The molecule has 32 heavy (non-hydrogen) atoms. The standard InChI is InChI=1S/C25H27N3O4/c1-27(2)24(30)15-5-9-20(26-13-15)31-19-8-6-16-17-12-14-4-7-18(29)22-21(14)25(16,23(19)32-22)10-11-28(17)3/h4-9,13,16-17,19,23,29H,10-12H2,1-3H3/t16-,17+,19-,23-,25-/m0/s1. The van der Waals surface area contributed by atoms with Crippen LogP contribution >= 0.6 is 0 Å². The van der Waals surface area contributed by atoms with Crippen LogP contribution in [0.2, 0.25) is 0 Å². The van der Waals surface area contributed by atoms with Crippen LogP contribution in [0.25, 0.3) is 0 Å². The minimum Gasteiger partial charge on any atom is -0.504 e. The first-order chi connectivity index (χ1) is 15.4. The molecule has 0 radical (unpaired) electrons. The van der Waals surface area contributed by atoms with E-state index >= 15 is 0 Å². The second-order valence-electron chi connectivity index (χ2n) is 9.61. The number of hydrogen-bond donors (Lipinski definition) is 1. The Morgan fingerprint density at radius 2 is 2.12 bits per heavy atom. The van der Waals surface area contributed by atoms with Gasteiger partial charge in [-0.1, -0.05) is 12.1 Å². The van der Waals surface area contributed by atoms with Crippen LogP contribution < -0.4 is 9.47 Å². The van der Waals surface area contributed by atoms with E-state index in [1.165, 1.54) is 16.0 Å². The van der Waals surface area contributed by atoms with Gasteiger partial charge in [0.1, 0.15) is 6.10 Å². The van der Waals surface area contributed by atoms with Crippen LogP contribution in [0, 0.1) is 5.92 Å². The van der Waals surface area contributed by atoms with Gasteiger partial charge in [0.15, 0.2) is 17.6 Å². The SMILES string of the molecule is CN(C)C(=O)c1ccc(O[C@H]2C=C[C@H]3[C@H]4Cc5ccc(O)c6c5[C@@]3(CCN4C)[C@H]2O6)nc1. The van der Waals surface area contributed by atoms with Gasteiger partial charge in [0.05, 0.1) is 5.56 Å². The molecular weight excluding hydrogens is 406 g/mol. The number of pyridine rings is 1. The Balaban J connectivity index is 1.38. The second-order valence-corrected chi connectivity index (χ2v) is 9.61. The van der Waals surface area contributed by atoms with Crippen molar-refractivity contribution >= 4 is 5.91 Å². The zero-order valence-corrected chi connectivity index (χ0v) is 18.5. The van der Waals surface area contributed by atoms with Crippen molar-refractivity contribution in [2.24, 2.45) is 5.92 Å². The van der Waals surface area contributed by atoms with Gasteiger partial charge in [-0.05, 0) is 50.2 Å². The van der Waals surface area contributed by atoms with Gasteiger partial charge in [-0.2, -0.15) is 0 Å². The molecule has 2 bridgehead atoms. The summed E-state index contributed by atoms with van der Waals surface area (Å²) in [6.45, 7) is 0.982. The molecule has 7 nitrogen and oxygen atoms in total. The zero-order chi connectivity index (χ0) is 22.2. The van der Waals surface area contributed by atoms with Crippen LogP contribution in [0.3, 0.4) is 0 Å². The monoisotopic (exact) mass is 433 g/mol. The van der Waals surface area contributed by atoms with E-state index in [9.17, 15) is 9.90 Å². The van der Waals surface area contributed by atoms with Crippen LogP contribution in [-0.2, 0) is 11.8 Å². The topological polar surface area (TPSA) is 75.1 Å². The lowest BCUT2D eigenvalue weighted by Gasteiger charge is -2.56. The van der Waals surface area contributed by atoms with Crippen molar-refractivity contribution < 1.29 is 19.4 Å². The number of ether oxygens (including phenoxy) is 2. The summed E-state index contributed by atoms with van der Waals surface area (Å²) in [5.41, 5.74) is 2.75. The Morgan fingerprint density at radius 3 is 2.88 bits per heavy atom. The van der Waals surface area contributed by atoms with E-state index in [0.29, 0.717) is 29.2 Å². The van der Waals surface area contributed by atoms with Gasteiger partial charge < -0.3 is 24.4 Å². The minimum absolute atomic E-state index is 0.0968. The third kappa shape index (κ3) is 2.51. The number of rotatable bonds is 3. The zero-order valence-electron chi connectivity index (χ0n) is 18.5. The first kappa shape index (κ1) is 19.6. The lowest BCUT2D eigenvalue weighted by molar-refractivity contribution is -0.0391. The maximum absolute atomic E-state index is 12.2. The van der Waals surface area contributed by atoms with Gasteiger partial charge >= 0.3 is 0 Å². The number of benzene rings is 1. The molecule has 7 heteroatoms. The highest BCUT2D eigenvalue weighted by atomic mass is 16.6. The summed E-state index contributed by atoms with van der Waals surface area (Å²) in [6, 6.07) is 7.68. The number of phenols is 1. The van der Waals surface area contributed by atoms with E-state index < -0.39 is 0 Å². The van der Waals surface area contributed by atoms with Crippen LogP contribution in [-0.4, -0.2) is 71.7 Å². The van der Waals surface area contributed by atoms with Gasteiger partial charge in [-0.15, -0.1) is 0 Å². The predicted octanol–water partition coefficient (Wildman–Crippen LogP) is 2.38. The first-order valence-corrected chi connectivity index (χ1v) is 11.1. The number of nitrogens with zero attached hydrogens (tertiary/aromatic N) is 3. The van der Waals surface area contributed by atoms with E-state index in [-0.39, 0.29) is 29.3 Å². The number of amides is 1. The fourth-order valence-corrected chi connectivity index (χ4v) is 6.30. The number of likely N-dealkylation sites (N-methyl/N-ethyl adjacent to an activating group) is 1. The molecule has 0 unspecified atom stereocenters. The lowest BCUT2D eigenvalue weighted by Crippen LogP contribution is -2.65. The summed E-state index contributed by atoms with van der Waals surface area (Å²) in [7, 11) is 5.63. The van der Waals surface area contributed by atoms with E-state index in [1.807, 2.05) is 0 Å². The molecule has 1 spiro atoms. The molecule has 0 saturated carbocycles. The summed E-state index contributed by atoms with van der Waals surface area (Å²) in [6.07, 6.45) is 7.26. The van der Waals surface area contributed by atoms with Crippen molar-refractivity contribution in [3.8, 4) is 17.4 Å². The molecule has 1 N–H and O–H groups in total. The molecule has 6 rings (SSSR count). The van der Waals surface area contributed by atoms with Gasteiger partial charge in [0.25, 0.3) is 5.91 Å². The maximum atomic E-state index is 12.2. The number of carbonyl (C=O) groups is 1. The highest BCUT2D eigenvalue weighted by Crippen LogP contribution is 2.62. The second kappa shape index (κ2) is 6.72. The largest absolute Gasteiger partial charge is 0.504 e. The van der Waals surface area contributed by atoms with Gasteiger partial charge in [0, 0.05) is 49.3 Å². The highest BCUT2D eigenvalue weighted by Gasteiger charge is 2.64. The first-order valence-electron chi connectivity index (χ1n) is 11.1. The maximum Gasteiger partial charge on any atom is 0.254 e. The number of carbonyl (C=O) groups excluding carboxylic acids is 1. The molecule has 166 valence electrons. The molecule has 2 aliphatic heterocycles. The Bertz CT molecular complexity index is 1130. The van der Waals surface area contributed by atoms with Gasteiger partial charge in [0.2, 0.25) is 5.88 Å². The van der Waals surface area contributed by atoms with Crippen LogP contribution in [0.15, 0.2) is 42.6 Å². The van der Waals surface area contributed by atoms with Crippen LogP contribution in [0.5, 0.6) is 17.4 Å². The molecule has 1 fully saturated rings. The molecule has 4 aliphatic rings. The molecule has 5 atom stereocenters. The van der Waals surface area contributed by atoms with Crippen LogP contribution in [0.4, 0.5) is 0 Å². The Labute approximate surface area is 187 Å². The molecule has 1 aromatic heterocycles. The van der Waals surface area contributed by atoms with Crippen molar-refractivity contribution in [1.82, 2.24) is 14.8 Å². The van der Waals surface area contributed by atoms with E-state index in [0.717, 1.165) is 19.4 Å². The van der Waals surface area contributed by atoms with Crippen molar-refractivity contribution in [3.05, 3.63) is 59.3 Å². The summed E-state index contributed by atoms with van der Waals surface area (Å²) in [4.78, 5) is 20.5. The number of likely N-dealkylation sites (tertiary alicyclic amines) is 1. The van der Waals surface area contributed by atoms with Gasteiger partial charge in [-0.25, -0.2) is 4.98 Å². The highest BCUT2D eigenvalue weighted by molar-refractivity contribution is 5.93.